The second-order valence-corrected chi connectivity index (χ2v) is 7.77. The molecule has 168 valence electrons. The molecule has 2 aromatic heterocycles. The number of hydrogen-bond donors (Lipinski definition) is 3. The van der Waals surface area contributed by atoms with Crippen LogP contribution in [0.4, 0.5) is 0 Å². The van der Waals surface area contributed by atoms with E-state index in [2.05, 4.69) is 26.4 Å². The molecule has 3 amide bonds. The van der Waals surface area contributed by atoms with Crippen LogP contribution in [0.1, 0.15) is 61.1 Å². The van der Waals surface area contributed by atoms with E-state index >= 15 is 0 Å². The fourth-order valence-electron chi connectivity index (χ4n) is 3.51. The summed E-state index contributed by atoms with van der Waals surface area (Å²) >= 11 is 5.82. The Kier molecular flexibility index (Phi) is 6.50. The minimum absolute atomic E-state index is 0.0714. The van der Waals surface area contributed by atoms with Gasteiger partial charge < -0.3 is 4.42 Å². The Morgan fingerprint density at radius 2 is 1.76 bits per heavy atom. The average Bonchev–Trinajstić information content (AvgIpc) is 3.19. The summed E-state index contributed by atoms with van der Waals surface area (Å²) in [4.78, 5) is 41.2. The lowest BCUT2D eigenvalue weighted by Crippen LogP contribution is -2.41. The fraction of sp³-hybridized carbons (Fsp3) is 0.174. The van der Waals surface area contributed by atoms with Crippen LogP contribution in [0.3, 0.4) is 0 Å². The van der Waals surface area contributed by atoms with E-state index in [9.17, 15) is 14.4 Å². The number of amides is 3. The molecule has 0 aliphatic heterocycles. The Morgan fingerprint density at radius 3 is 2.48 bits per heavy atom. The van der Waals surface area contributed by atoms with Crippen molar-refractivity contribution in [1.82, 2.24) is 21.3 Å². The molecule has 0 radical (unpaired) electrons. The van der Waals surface area contributed by atoms with Crippen LogP contribution in [0.5, 0.6) is 0 Å². The Bertz CT molecular complexity index is 1240. The smallest absolute Gasteiger partial charge is 0.305 e. The summed E-state index contributed by atoms with van der Waals surface area (Å²) in [5, 5.41) is 4.76. The van der Waals surface area contributed by atoms with Crippen LogP contribution in [0, 0.1) is 6.92 Å². The molecule has 0 bridgehead atoms. The quantitative estimate of drug-likeness (QED) is 0.510. The summed E-state index contributed by atoms with van der Waals surface area (Å²) in [6.07, 6.45) is 3.53. The molecule has 1 aromatic carbocycles. The first-order valence-corrected chi connectivity index (χ1v) is 10.6. The van der Waals surface area contributed by atoms with Gasteiger partial charge in [-0.05, 0) is 56.2 Å². The van der Waals surface area contributed by atoms with Crippen LogP contribution in [0.25, 0.3) is 0 Å². The molecule has 0 atom stereocenters. The highest BCUT2D eigenvalue weighted by Gasteiger charge is 2.28. The van der Waals surface area contributed by atoms with Crippen LogP contribution in [0.2, 0.25) is 5.02 Å². The van der Waals surface area contributed by atoms with E-state index < -0.39 is 17.7 Å². The average molecular weight is 466 g/mol. The standard InChI is InChI=1S/C23H20ClN5O4/c1-13-19-16(26-28-22(31)17-5-2-3-12-25-17)6-4-7-18(19)33-20(13)23(32)29-27-21(30)14-8-10-15(24)11-9-14/h2-3,5,8-12H,4,6-7H2,1H3,(H,27,30)(H,28,31)(H,29,32)/b26-16+. The van der Waals surface area contributed by atoms with E-state index in [4.69, 9.17) is 16.0 Å². The van der Waals surface area contributed by atoms with Crippen molar-refractivity contribution in [2.45, 2.75) is 26.2 Å². The van der Waals surface area contributed by atoms with E-state index in [0.29, 0.717) is 46.0 Å². The van der Waals surface area contributed by atoms with Crippen LogP contribution in [-0.4, -0.2) is 28.4 Å². The van der Waals surface area contributed by atoms with Gasteiger partial charge in [-0.2, -0.15) is 5.10 Å². The first kappa shape index (κ1) is 22.2. The Balaban J connectivity index is 1.47. The maximum absolute atomic E-state index is 12.7. The van der Waals surface area contributed by atoms with Gasteiger partial charge in [-0.3, -0.25) is 30.2 Å². The van der Waals surface area contributed by atoms with Gasteiger partial charge in [0.15, 0.2) is 5.76 Å². The highest BCUT2D eigenvalue weighted by Crippen LogP contribution is 2.29. The van der Waals surface area contributed by atoms with E-state index in [-0.39, 0.29) is 11.5 Å². The number of hydrogen-bond acceptors (Lipinski definition) is 6. The third-order valence-electron chi connectivity index (χ3n) is 5.12. The highest BCUT2D eigenvalue weighted by molar-refractivity contribution is 6.30. The lowest BCUT2D eigenvalue weighted by atomic mass is 9.93. The number of pyridine rings is 1. The lowest BCUT2D eigenvalue weighted by Gasteiger charge is -2.13. The topological polar surface area (TPSA) is 126 Å². The highest BCUT2D eigenvalue weighted by atomic mass is 35.5. The molecule has 3 N–H and O–H groups in total. The zero-order valence-electron chi connectivity index (χ0n) is 17.6. The molecule has 0 fully saturated rings. The zero-order valence-corrected chi connectivity index (χ0v) is 18.4. The number of carbonyl (C=O) groups is 3. The lowest BCUT2D eigenvalue weighted by molar-refractivity contribution is 0.0829. The number of benzene rings is 1. The molecule has 33 heavy (non-hydrogen) atoms. The number of hydrazone groups is 1. The molecule has 0 saturated carbocycles. The van der Waals surface area contributed by atoms with Crippen molar-refractivity contribution in [2.24, 2.45) is 5.10 Å². The van der Waals surface area contributed by atoms with Gasteiger partial charge in [-0.15, -0.1) is 0 Å². The van der Waals surface area contributed by atoms with E-state index in [0.717, 1.165) is 6.42 Å². The molecule has 10 heteroatoms. The Hall–Kier alpha value is -3.98. The summed E-state index contributed by atoms with van der Waals surface area (Å²) in [5.74, 6) is -0.838. The van der Waals surface area contributed by atoms with Crippen molar-refractivity contribution in [1.29, 1.82) is 0 Å². The van der Waals surface area contributed by atoms with Gasteiger partial charge in [0.25, 0.3) is 11.8 Å². The van der Waals surface area contributed by atoms with Crippen molar-refractivity contribution in [3.8, 4) is 0 Å². The Morgan fingerprint density at radius 1 is 1.00 bits per heavy atom. The minimum atomic E-state index is -0.596. The molecule has 2 heterocycles. The number of fused-ring (bicyclic) bond motifs is 1. The van der Waals surface area contributed by atoms with Gasteiger partial charge in [-0.1, -0.05) is 17.7 Å². The molecule has 9 nitrogen and oxygen atoms in total. The zero-order chi connectivity index (χ0) is 23.4. The van der Waals surface area contributed by atoms with Gasteiger partial charge in [-0.25, -0.2) is 5.43 Å². The summed E-state index contributed by atoms with van der Waals surface area (Å²) < 4.78 is 5.79. The summed E-state index contributed by atoms with van der Waals surface area (Å²) in [7, 11) is 0. The molecule has 0 unspecified atom stereocenters. The molecular weight excluding hydrogens is 446 g/mol. The largest absolute Gasteiger partial charge is 0.455 e. The van der Waals surface area contributed by atoms with E-state index in [1.54, 1.807) is 49.4 Å². The van der Waals surface area contributed by atoms with E-state index in [1.807, 2.05) is 0 Å². The van der Waals surface area contributed by atoms with Gasteiger partial charge in [0.2, 0.25) is 0 Å². The van der Waals surface area contributed by atoms with Gasteiger partial charge in [0, 0.05) is 34.3 Å². The molecule has 3 aromatic rings. The van der Waals surface area contributed by atoms with Crippen molar-refractivity contribution in [3.63, 3.8) is 0 Å². The number of halogens is 1. The molecule has 0 saturated heterocycles. The third-order valence-corrected chi connectivity index (χ3v) is 5.37. The number of furan rings is 1. The van der Waals surface area contributed by atoms with Crippen molar-refractivity contribution < 1.29 is 18.8 Å². The second-order valence-electron chi connectivity index (χ2n) is 7.34. The number of aryl methyl sites for hydroxylation is 1. The maximum atomic E-state index is 12.7. The summed E-state index contributed by atoms with van der Waals surface area (Å²) in [6.45, 7) is 1.74. The number of aromatic nitrogens is 1. The summed E-state index contributed by atoms with van der Waals surface area (Å²) in [5.41, 5.74) is 9.71. The minimum Gasteiger partial charge on any atom is -0.455 e. The SMILES string of the molecule is Cc1c(C(=O)NNC(=O)c2ccc(Cl)cc2)oc2c1/C(=N/NC(=O)c1ccccn1)CCC2. The van der Waals surface area contributed by atoms with Crippen LogP contribution >= 0.6 is 11.6 Å². The maximum Gasteiger partial charge on any atom is 0.305 e. The number of carbonyl (C=O) groups excluding carboxylic acids is 3. The number of hydrazine groups is 1. The first-order chi connectivity index (χ1) is 15.9. The molecule has 0 spiro atoms. The monoisotopic (exact) mass is 465 g/mol. The normalized spacial score (nSPS) is 13.8. The van der Waals surface area contributed by atoms with Gasteiger partial charge in [0.1, 0.15) is 11.5 Å². The second kappa shape index (κ2) is 9.66. The first-order valence-electron chi connectivity index (χ1n) is 10.2. The fourth-order valence-corrected chi connectivity index (χ4v) is 3.64. The van der Waals surface area contributed by atoms with Gasteiger partial charge in [0.05, 0.1) is 5.71 Å². The third kappa shape index (κ3) is 4.93. The van der Waals surface area contributed by atoms with Crippen molar-refractivity contribution in [3.05, 3.63) is 87.6 Å². The Labute approximate surface area is 194 Å². The van der Waals surface area contributed by atoms with Crippen molar-refractivity contribution in [2.75, 3.05) is 0 Å². The summed E-state index contributed by atoms with van der Waals surface area (Å²) in [6, 6.07) is 11.3. The van der Waals surface area contributed by atoms with Crippen LogP contribution < -0.4 is 16.3 Å². The van der Waals surface area contributed by atoms with Crippen LogP contribution in [0.15, 0.2) is 58.2 Å². The van der Waals surface area contributed by atoms with Gasteiger partial charge >= 0.3 is 5.91 Å². The molecule has 1 aliphatic carbocycles. The van der Waals surface area contributed by atoms with Crippen LogP contribution in [-0.2, 0) is 6.42 Å². The predicted octanol–water partition coefficient (Wildman–Crippen LogP) is 3.18. The predicted molar refractivity (Wildman–Crippen MR) is 121 cm³/mol. The number of rotatable bonds is 4. The number of nitrogens with one attached hydrogen (secondary N) is 3. The number of nitrogens with zero attached hydrogens (tertiary/aromatic N) is 2. The van der Waals surface area contributed by atoms with Crippen molar-refractivity contribution >= 4 is 35.0 Å². The molecule has 4 rings (SSSR count). The van der Waals surface area contributed by atoms with E-state index in [1.165, 1.54) is 6.20 Å². The molecular formula is C23H20ClN5O4. The molecule has 1 aliphatic rings.